The molecule has 4 rings (SSSR count). The van der Waals surface area contributed by atoms with Gasteiger partial charge in [0, 0.05) is 18.2 Å². The summed E-state index contributed by atoms with van der Waals surface area (Å²) in [6, 6.07) is 14.1. The third-order valence-electron chi connectivity index (χ3n) is 5.77. The molecule has 0 bridgehead atoms. The van der Waals surface area contributed by atoms with Gasteiger partial charge in [0.15, 0.2) is 0 Å². The molecule has 160 valence electrons. The fourth-order valence-corrected chi connectivity index (χ4v) is 4.20. The van der Waals surface area contributed by atoms with E-state index in [2.05, 4.69) is 29.3 Å². The number of imidazole rings is 2. The summed E-state index contributed by atoms with van der Waals surface area (Å²) in [6.07, 6.45) is 1.03. The highest BCUT2D eigenvalue weighted by atomic mass is 16.1. The van der Waals surface area contributed by atoms with Gasteiger partial charge >= 0.3 is 5.69 Å². The van der Waals surface area contributed by atoms with Gasteiger partial charge in [0.25, 0.3) is 0 Å². The van der Waals surface area contributed by atoms with Crippen LogP contribution in [0.5, 0.6) is 0 Å². The van der Waals surface area contributed by atoms with Crippen LogP contribution >= 0.6 is 0 Å². The minimum Gasteiger partial charge on any atom is -0.326 e. The molecule has 0 amide bonds. The van der Waals surface area contributed by atoms with Crippen molar-refractivity contribution in [1.82, 2.24) is 18.7 Å². The Hall–Kier alpha value is -3.33. The van der Waals surface area contributed by atoms with Gasteiger partial charge in [-0.2, -0.15) is 0 Å². The van der Waals surface area contributed by atoms with E-state index in [-0.39, 0.29) is 11.7 Å². The van der Waals surface area contributed by atoms with Crippen LogP contribution < -0.4 is 5.69 Å². The predicted molar refractivity (Wildman–Crippen MR) is 125 cm³/mol. The number of nitrogens with zero attached hydrogens (tertiary/aromatic N) is 5. The van der Waals surface area contributed by atoms with Crippen LogP contribution in [0.15, 0.2) is 47.3 Å². The zero-order valence-electron chi connectivity index (χ0n) is 18.7. The molecule has 0 spiro atoms. The molecule has 0 N–H and O–H groups in total. The summed E-state index contributed by atoms with van der Waals surface area (Å²) in [5.74, 6) is 1.45. The molecule has 0 saturated heterocycles. The average Bonchev–Trinajstić information content (AvgIpc) is 3.21. The van der Waals surface area contributed by atoms with E-state index in [9.17, 15) is 4.79 Å². The average molecular weight is 416 g/mol. The maximum absolute atomic E-state index is 13.3. The van der Waals surface area contributed by atoms with Crippen molar-refractivity contribution in [3.05, 3.63) is 75.8 Å². The monoisotopic (exact) mass is 415 g/mol. The van der Waals surface area contributed by atoms with Gasteiger partial charge in [-0.25, -0.2) is 16.4 Å². The van der Waals surface area contributed by atoms with Crippen LogP contribution in [0.3, 0.4) is 0 Å². The molecule has 0 aliphatic rings. The number of rotatable bonds is 7. The lowest BCUT2D eigenvalue weighted by molar-refractivity contribution is 0.504. The van der Waals surface area contributed by atoms with Gasteiger partial charge in [-0.15, -0.1) is 0 Å². The van der Waals surface area contributed by atoms with Crippen LogP contribution in [0.4, 0.5) is 0 Å². The summed E-state index contributed by atoms with van der Waals surface area (Å²) in [5, 5.41) is 0. The van der Waals surface area contributed by atoms with Gasteiger partial charge in [-0.3, -0.25) is 9.13 Å². The second-order valence-corrected chi connectivity index (χ2v) is 8.82. The van der Waals surface area contributed by atoms with Gasteiger partial charge in [-0.05, 0) is 56.5 Å². The number of hydrogen-bond donors (Lipinski definition) is 0. The highest BCUT2D eigenvalue weighted by Gasteiger charge is 2.19. The maximum atomic E-state index is 13.3. The summed E-state index contributed by atoms with van der Waals surface area (Å²) in [4.78, 5) is 21.7. The minimum atomic E-state index is -0.00707. The second-order valence-electron chi connectivity index (χ2n) is 8.82. The molecule has 0 saturated carbocycles. The van der Waals surface area contributed by atoms with E-state index in [1.54, 1.807) is 0 Å². The van der Waals surface area contributed by atoms with Crippen molar-refractivity contribution in [1.29, 1.82) is 0 Å². The summed E-state index contributed by atoms with van der Waals surface area (Å²) in [5.41, 5.74) is 4.79. The lowest BCUT2D eigenvalue weighted by atomic mass is 10.1. The van der Waals surface area contributed by atoms with E-state index in [0.717, 1.165) is 46.4 Å². The van der Waals surface area contributed by atoms with Crippen LogP contribution in [-0.4, -0.2) is 18.7 Å². The summed E-state index contributed by atoms with van der Waals surface area (Å²) >= 11 is 0. The van der Waals surface area contributed by atoms with Crippen LogP contribution in [0.1, 0.15) is 51.5 Å². The molecule has 0 atom stereocenters. The molecule has 2 aromatic heterocycles. The Morgan fingerprint density at radius 3 is 2.42 bits per heavy atom. The Balaban J connectivity index is 1.86. The first kappa shape index (κ1) is 20.9. The Kier molecular flexibility index (Phi) is 5.69. The minimum absolute atomic E-state index is 0.00707. The maximum Gasteiger partial charge on any atom is 0.329 e. The molecular weight excluding hydrogens is 386 g/mol. The van der Waals surface area contributed by atoms with E-state index < -0.39 is 0 Å². The quantitative estimate of drug-likeness (QED) is 0.387. The first-order valence-electron chi connectivity index (χ1n) is 10.9. The predicted octanol–water partition coefficient (Wildman–Crippen LogP) is 5.25. The molecule has 31 heavy (non-hydrogen) atoms. The molecule has 0 fully saturated rings. The fraction of sp³-hybridized carbons (Fsp3) is 0.400. The van der Waals surface area contributed by atoms with Gasteiger partial charge in [-0.1, -0.05) is 26.0 Å². The molecule has 4 aromatic rings. The van der Waals surface area contributed by atoms with Crippen molar-refractivity contribution in [3.63, 3.8) is 0 Å². The Labute approximate surface area is 182 Å². The SMILES string of the molecule is [C-]#[N+]Cc1ccc2c(c1)nc(Cn1c(=O)n(C(C)C)c3ccccc31)n2CCC(C)C. The van der Waals surface area contributed by atoms with Crippen LogP contribution in [0.2, 0.25) is 0 Å². The lowest BCUT2D eigenvalue weighted by Gasteiger charge is -2.12. The van der Waals surface area contributed by atoms with E-state index >= 15 is 0 Å². The van der Waals surface area contributed by atoms with Crippen molar-refractivity contribution < 1.29 is 0 Å². The van der Waals surface area contributed by atoms with E-state index in [0.29, 0.717) is 19.0 Å². The number of benzene rings is 2. The summed E-state index contributed by atoms with van der Waals surface area (Å²) < 4.78 is 5.93. The number of aryl methyl sites for hydroxylation is 1. The number of para-hydroxylation sites is 2. The van der Waals surface area contributed by atoms with Crippen LogP contribution in [0, 0.1) is 12.5 Å². The number of hydrogen-bond acceptors (Lipinski definition) is 2. The first-order valence-corrected chi connectivity index (χ1v) is 10.9. The largest absolute Gasteiger partial charge is 0.329 e. The standard InChI is InChI=1S/C25H29N5O/c1-17(2)12-13-28-21-11-10-19(15-26-5)14-20(21)27-24(28)16-29-22-8-6-7-9-23(22)30(18(3)4)25(29)31/h6-11,14,17-18H,12-13,15-16H2,1-4H3. The van der Waals surface area contributed by atoms with E-state index in [1.807, 2.05) is 59.4 Å². The molecule has 2 aromatic carbocycles. The van der Waals surface area contributed by atoms with Crippen molar-refractivity contribution >= 4 is 22.1 Å². The van der Waals surface area contributed by atoms with Crippen molar-refractivity contribution in [2.24, 2.45) is 5.92 Å². The van der Waals surface area contributed by atoms with Gasteiger partial charge in [0.2, 0.25) is 6.54 Å². The molecule has 2 heterocycles. The number of aromatic nitrogens is 4. The molecular formula is C25H29N5O. The Bertz CT molecular complexity index is 1330. The Morgan fingerprint density at radius 2 is 1.74 bits per heavy atom. The first-order chi connectivity index (χ1) is 14.9. The van der Waals surface area contributed by atoms with Crippen LogP contribution in [0.25, 0.3) is 26.9 Å². The molecule has 0 aliphatic carbocycles. The molecule has 0 aliphatic heterocycles. The topological polar surface area (TPSA) is 49.1 Å². The lowest BCUT2D eigenvalue weighted by Crippen LogP contribution is -2.27. The van der Waals surface area contributed by atoms with Gasteiger partial charge < -0.3 is 9.41 Å². The normalized spacial score (nSPS) is 11.8. The third-order valence-corrected chi connectivity index (χ3v) is 5.77. The molecule has 6 nitrogen and oxygen atoms in total. The summed E-state index contributed by atoms with van der Waals surface area (Å²) in [6.45, 7) is 17.3. The van der Waals surface area contributed by atoms with E-state index in [1.165, 1.54) is 0 Å². The zero-order chi connectivity index (χ0) is 22.1. The number of fused-ring (bicyclic) bond motifs is 2. The molecule has 0 radical (unpaired) electrons. The van der Waals surface area contributed by atoms with Crippen molar-refractivity contribution in [2.45, 2.75) is 59.8 Å². The van der Waals surface area contributed by atoms with Gasteiger partial charge in [0.1, 0.15) is 5.82 Å². The fourth-order valence-electron chi connectivity index (χ4n) is 4.20. The van der Waals surface area contributed by atoms with Crippen molar-refractivity contribution in [3.8, 4) is 0 Å². The Morgan fingerprint density at radius 1 is 1.00 bits per heavy atom. The van der Waals surface area contributed by atoms with Crippen LogP contribution in [-0.2, 0) is 19.6 Å². The van der Waals surface area contributed by atoms with E-state index in [4.69, 9.17) is 11.6 Å². The molecule has 6 heteroatoms. The second kappa shape index (κ2) is 8.43. The highest BCUT2D eigenvalue weighted by molar-refractivity contribution is 5.78. The van der Waals surface area contributed by atoms with Gasteiger partial charge in [0.05, 0.1) is 28.6 Å². The third kappa shape index (κ3) is 3.88. The summed E-state index contributed by atoms with van der Waals surface area (Å²) in [7, 11) is 0. The molecule has 0 unspecified atom stereocenters. The zero-order valence-corrected chi connectivity index (χ0v) is 18.7. The highest BCUT2D eigenvalue weighted by Crippen LogP contribution is 2.23. The smallest absolute Gasteiger partial charge is 0.326 e. The van der Waals surface area contributed by atoms with Crippen molar-refractivity contribution in [2.75, 3.05) is 0 Å².